The van der Waals surface area contributed by atoms with Crippen molar-refractivity contribution in [3.05, 3.63) is 59.9 Å². The molecule has 0 aliphatic carbocycles. The van der Waals surface area contributed by atoms with Crippen molar-refractivity contribution in [2.24, 2.45) is 0 Å². The molecule has 2 aromatic carbocycles. The molecule has 7 heteroatoms. The number of halogens is 1. The van der Waals surface area contributed by atoms with Crippen molar-refractivity contribution >= 4 is 27.5 Å². The van der Waals surface area contributed by atoms with Crippen molar-refractivity contribution in [1.82, 2.24) is 4.90 Å². The Morgan fingerprint density at radius 3 is 2.59 bits per heavy atom. The zero-order chi connectivity index (χ0) is 19.4. The van der Waals surface area contributed by atoms with Crippen LogP contribution in [0.15, 0.2) is 58.3 Å². The molecule has 1 atom stereocenters. The molecule has 4 nitrogen and oxygen atoms in total. The van der Waals surface area contributed by atoms with Crippen molar-refractivity contribution in [2.45, 2.75) is 34.8 Å². The first-order valence-electron chi connectivity index (χ1n) is 8.94. The van der Waals surface area contributed by atoms with Crippen LogP contribution in [-0.2, 0) is 9.84 Å². The van der Waals surface area contributed by atoms with E-state index in [1.807, 2.05) is 25.1 Å². The summed E-state index contributed by atoms with van der Waals surface area (Å²) < 4.78 is 38.9. The largest absolute Gasteiger partial charge is 0.337 e. The van der Waals surface area contributed by atoms with E-state index in [-0.39, 0.29) is 17.3 Å². The highest BCUT2D eigenvalue weighted by molar-refractivity contribution is 7.99. The maximum Gasteiger partial charge on any atom is 0.255 e. The number of sulfone groups is 1. The Bertz CT molecular complexity index is 913. The minimum Gasteiger partial charge on any atom is -0.337 e. The van der Waals surface area contributed by atoms with Crippen LogP contribution in [0, 0.1) is 5.82 Å². The normalized spacial score (nSPS) is 17.7. The Morgan fingerprint density at radius 1 is 1.19 bits per heavy atom. The van der Waals surface area contributed by atoms with Crippen LogP contribution in [0.4, 0.5) is 4.39 Å². The zero-order valence-electron chi connectivity index (χ0n) is 15.1. The lowest BCUT2D eigenvalue weighted by Crippen LogP contribution is -2.45. The summed E-state index contributed by atoms with van der Waals surface area (Å²) in [7, 11) is -3.61. The topological polar surface area (TPSA) is 54.5 Å². The number of carbonyl (C=O) groups excluding carboxylic acids is 1. The molecule has 1 saturated heterocycles. The Kier molecular flexibility index (Phi) is 6.22. The molecule has 1 heterocycles. The van der Waals surface area contributed by atoms with Crippen LogP contribution in [0.25, 0.3) is 0 Å². The first-order chi connectivity index (χ1) is 12.9. The average Bonchev–Trinajstić information content (AvgIpc) is 2.68. The molecule has 0 aromatic heterocycles. The highest BCUT2D eigenvalue weighted by Crippen LogP contribution is 2.28. The Balaban J connectivity index is 1.82. The van der Waals surface area contributed by atoms with Gasteiger partial charge in [-0.15, -0.1) is 11.8 Å². The molecule has 1 fully saturated rings. The van der Waals surface area contributed by atoms with E-state index in [2.05, 4.69) is 0 Å². The molecule has 0 saturated carbocycles. The van der Waals surface area contributed by atoms with Crippen LogP contribution in [0.3, 0.4) is 0 Å². The fourth-order valence-electron chi connectivity index (χ4n) is 3.29. The number of thioether (sulfide) groups is 1. The van der Waals surface area contributed by atoms with Gasteiger partial charge in [-0.05, 0) is 55.0 Å². The van der Waals surface area contributed by atoms with Gasteiger partial charge in [0.15, 0.2) is 9.84 Å². The fraction of sp³-hybridized carbons (Fsp3) is 0.350. The third-order valence-corrected chi connectivity index (χ3v) is 7.81. The van der Waals surface area contributed by atoms with Crippen molar-refractivity contribution < 1.29 is 17.6 Å². The van der Waals surface area contributed by atoms with Gasteiger partial charge in [0.05, 0.1) is 15.7 Å². The first kappa shape index (κ1) is 19.9. The molecule has 3 rings (SSSR count). The Labute approximate surface area is 163 Å². The van der Waals surface area contributed by atoms with Crippen molar-refractivity contribution in [2.75, 3.05) is 18.8 Å². The molecule has 1 aliphatic rings. The molecule has 27 heavy (non-hydrogen) atoms. The summed E-state index contributed by atoms with van der Waals surface area (Å²) in [5.74, 6) is 0.247. The monoisotopic (exact) mass is 407 g/mol. The molecule has 0 N–H and O–H groups in total. The summed E-state index contributed by atoms with van der Waals surface area (Å²) in [6, 6.07) is 12.3. The number of piperidine rings is 1. The smallest absolute Gasteiger partial charge is 0.255 e. The van der Waals surface area contributed by atoms with Gasteiger partial charge in [-0.2, -0.15) is 0 Å². The van der Waals surface area contributed by atoms with E-state index in [0.717, 1.165) is 22.8 Å². The number of carbonyl (C=O) groups is 1. The molecule has 0 bridgehead atoms. The van der Waals surface area contributed by atoms with E-state index >= 15 is 0 Å². The summed E-state index contributed by atoms with van der Waals surface area (Å²) >= 11 is 1.60. The van der Waals surface area contributed by atoms with Crippen LogP contribution in [0.2, 0.25) is 0 Å². The number of nitrogens with zero attached hydrogens (tertiary/aromatic N) is 1. The molecular weight excluding hydrogens is 385 g/mol. The molecular formula is C20H22FNO3S2. The van der Waals surface area contributed by atoms with Crippen LogP contribution >= 0.6 is 11.8 Å². The summed E-state index contributed by atoms with van der Waals surface area (Å²) in [4.78, 5) is 15.7. The summed E-state index contributed by atoms with van der Waals surface area (Å²) in [6.07, 6.45) is 1.12. The van der Waals surface area contributed by atoms with Crippen LogP contribution in [0.5, 0.6) is 0 Å². The molecule has 2 aromatic rings. The summed E-state index contributed by atoms with van der Waals surface area (Å²) in [6.45, 7) is 2.72. The van der Waals surface area contributed by atoms with Gasteiger partial charge in [-0.25, -0.2) is 12.8 Å². The zero-order valence-corrected chi connectivity index (χ0v) is 16.7. The fourth-order valence-corrected chi connectivity index (χ4v) is 5.84. The van der Waals surface area contributed by atoms with E-state index in [9.17, 15) is 17.6 Å². The molecule has 0 spiro atoms. The highest BCUT2D eigenvalue weighted by atomic mass is 32.2. The highest BCUT2D eigenvalue weighted by Gasteiger charge is 2.34. The SMILES string of the molecule is CCSc1ccccc1C(=O)N1CCC[C@H](S(=O)(=O)c2ccc(F)cc2)C1. The predicted molar refractivity (Wildman–Crippen MR) is 105 cm³/mol. The molecule has 0 unspecified atom stereocenters. The third kappa shape index (κ3) is 4.35. The first-order valence-corrected chi connectivity index (χ1v) is 11.5. The number of hydrogen-bond donors (Lipinski definition) is 0. The lowest BCUT2D eigenvalue weighted by Gasteiger charge is -2.33. The third-order valence-electron chi connectivity index (χ3n) is 4.66. The van der Waals surface area contributed by atoms with Crippen molar-refractivity contribution in [1.29, 1.82) is 0 Å². The lowest BCUT2D eigenvalue weighted by atomic mass is 10.1. The standard InChI is InChI=1S/C20H22FNO3S2/c1-2-26-19-8-4-3-7-18(19)20(23)22-13-5-6-17(14-22)27(24,25)16-11-9-15(21)10-12-16/h3-4,7-12,17H,2,5-6,13-14H2,1H3/t17-/m0/s1. The number of likely N-dealkylation sites (tertiary alicyclic amines) is 1. The number of amides is 1. The average molecular weight is 408 g/mol. The molecule has 1 amide bonds. The van der Waals surface area contributed by atoms with E-state index in [1.165, 1.54) is 12.1 Å². The van der Waals surface area contributed by atoms with Gasteiger partial charge < -0.3 is 4.90 Å². The molecule has 144 valence electrons. The Morgan fingerprint density at radius 2 is 1.89 bits per heavy atom. The van der Waals surface area contributed by atoms with Gasteiger partial charge in [0.2, 0.25) is 0 Å². The maximum absolute atomic E-state index is 13.1. The number of rotatable bonds is 5. The van der Waals surface area contributed by atoms with Crippen LogP contribution in [0.1, 0.15) is 30.1 Å². The second kappa shape index (κ2) is 8.44. The van der Waals surface area contributed by atoms with Gasteiger partial charge in [0.1, 0.15) is 5.82 Å². The summed E-state index contributed by atoms with van der Waals surface area (Å²) in [5, 5.41) is -0.674. The van der Waals surface area contributed by atoms with Gasteiger partial charge in [-0.1, -0.05) is 19.1 Å². The van der Waals surface area contributed by atoms with Crippen molar-refractivity contribution in [3.8, 4) is 0 Å². The van der Waals surface area contributed by atoms with Crippen LogP contribution < -0.4 is 0 Å². The maximum atomic E-state index is 13.1. The minimum absolute atomic E-state index is 0.102. The quantitative estimate of drug-likeness (QED) is 0.555. The van der Waals surface area contributed by atoms with Crippen LogP contribution in [-0.4, -0.2) is 43.3 Å². The van der Waals surface area contributed by atoms with Gasteiger partial charge >= 0.3 is 0 Å². The lowest BCUT2D eigenvalue weighted by molar-refractivity contribution is 0.0723. The van der Waals surface area contributed by atoms with Crippen molar-refractivity contribution in [3.63, 3.8) is 0 Å². The van der Waals surface area contributed by atoms with Gasteiger partial charge in [0.25, 0.3) is 5.91 Å². The number of hydrogen-bond acceptors (Lipinski definition) is 4. The van der Waals surface area contributed by atoms with E-state index in [4.69, 9.17) is 0 Å². The number of benzene rings is 2. The van der Waals surface area contributed by atoms with E-state index < -0.39 is 20.9 Å². The molecule has 0 radical (unpaired) electrons. The van der Waals surface area contributed by atoms with E-state index in [0.29, 0.717) is 24.9 Å². The predicted octanol–water partition coefficient (Wildman–Crippen LogP) is 4.02. The second-order valence-corrected chi connectivity index (χ2v) is 9.98. The summed E-state index contributed by atoms with van der Waals surface area (Å²) in [5.41, 5.74) is 0.615. The Hall–Kier alpha value is -1.86. The van der Waals surface area contributed by atoms with Gasteiger partial charge in [-0.3, -0.25) is 4.79 Å². The van der Waals surface area contributed by atoms with Gasteiger partial charge in [0, 0.05) is 18.0 Å². The second-order valence-electron chi connectivity index (χ2n) is 6.44. The minimum atomic E-state index is -3.61. The molecule has 1 aliphatic heterocycles. The van der Waals surface area contributed by atoms with E-state index in [1.54, 1.807) is 22.7 Å².